The highest BCUT2D eigenvalue weighted by atomic mass is 16.5. The van der Waals surface area contributed by atoms with Gasteiger partial charge in [-0.05, 0) is 46.2 Å². The summed E-state index contributed by atoms with van der Waals surface area (Å²) in [5.41, 5.74) is 2.30. The summed E-state index contributed by atoms with van der Waals surface area (Å²) in [7, 11) is 2.96. The second kappa shape index (κ2) is 5.90. The van der Waals surface area contributed by atoms with E-state index in [-0.39, 0.29) is 5.97 Å². The van der Waals surface area contributed by atoms with Gasteiger partial charge in [-0.25, -0.2) is 4.79 Å². The van der Waals surface area contributed by atoms with E-state index in [9.17, 15) is 4.79 Å². The Hall–Kier alpha value is -2.81. The van der Waals surface area contributed by atoms with Crippen molar-refractivity contribution in [2.24, 2.45) is 0 Å². The molecule has 110 valence electrons. The van der Waals surface area contributed by atoms with Crippen LogP contribution in [0.25, 0.3) is 21.9 Å². The summed E-state index contributed by atoms with van der Waals surface area (Å²) in [6.07, 6.45) is 0. The van der Waals surface area contributed by atoms with Crippen LogP contribution in [0.5, 0.6) is 5.75 Å². The van der Waals surface area contributed by atoms with Crippen LogP contribution in [0.3, 0.4) is 0 Å². The lowest BCUT2D eigenvalue weighted by Gasteiger charge is -2.11. The highest BCUT2D eigenvalue weighted by molar-refractivity contribution is 5.99. The van der Waals surface area contributed by atoms with Crippen LogP contribution in [0.2, 0.25) is 0 Å². The Morgan fingerprint density at radius 1 is 0.864 bits per heavy atom. The van der Waals surface area contributed by atoms with E-state index < -0.39 is 0 Å². The summed E-state index contributed by atoms with van der Waals surface area (Å²) in [4.78, 5) is 12.1. The monoisotopic (exact) mass is 292 g/mol. The van der Waals surface area contributed by atoms with Crippen LogP contribution in [0.4, 0.5) is 0 Å². The molecule has 0 aliphatic carbocycles. The molecule has 0 radical (unpaired) electrons. The van der Waals surface area contributed by atoms with Crippen LogP contribution in [0, 0.1) is 0 Å². The molecule has 3 aromatic carbocycles. The Morgan fingerprint density at radius 3 is 2.36 bits per heavy atom. The molecule has 0 amide bonds. The van der Waals surface area contributed by atoms with Gasteiger partial charge in [-0.1, -0.05) is 36.4 Å². The van der Waals surface area contributed by atoms with Gasteiger partial charge < -0.3 is 9.47 Å². The normalized spacial score (nSPS) is 10.5. The lowest BCUT2D eigenvalue weighted by molar-refractivity contribution is 0.0601. The molecular weight excluding hydrogens is 276 g/mol. The first-order chi connectivity index (χ1) is 10.7. The summed E-state index contributed by atoms with van der Waals surface area (Å²) in [6.45, 7) is 0. The Labute approximate surface area is 129 Å². The zero-order valence-electron chi connectivity index (χ0n) is 12.5. The molecule has 0 saturated carbocycles. The van der Waals surface area contributed by atoms with Crippen LogP contribution >= 0.6 is 0 Å². The van der Waals surface area contributed by atoms with Crippen molar-refractivity contribution in [3.05, 3.63) is 66.2 Å². The SMILES string of the molecule is COC(=O)c1cc(OC)ccc1-c1ccc2ccccc2c1. The molecule has 0 saturated heterocycles. The van der Waals surface area contributed by atoms with Crippen molar-refractivity contribution >= 4 is 16.7 Å². The minimum atomic E-state index is -0.373. The van der Waals surface area contributed by atoms with Crippen molar-refractivity contribution < 1.29 is 14.3 Å². The molecule has 22 heavy (non-hydrogen) atoms. The van der Waals surface area contributed by atoms with Crippen LogP contribution in [0.15, 0.2) is 60.7 Å². The van der Waals surface area contributed by atoms with Crippen molar-refractivity contribution in [1.29, 1.82) is 0 Å². The largest absolute Gasteiger partial charge is 0.497 e. The molecule has 0 fully saturated rings. The Morgan fingerprint density at radius 2 is 1.64 bits per heavy atom. The number of fused-ring (bicyclic) bond motifs is 1. The molecule has 0 aliphatic heterocycles. The van der Waals surface area contributed by atoms with E-state index in [4.69, 9.17) is 9.47 Å². The quantitative estimate of drug-likeness (QED) is 0.675. The second-order valence-electron chi connectivity index (χ2n) is 4.97. The molecular formula is C19H16O3. The molecule has 0 heterocycles. The molecule has 3 nitrogen and oxygen atoms in total. The maximum absolute atomic E-state index is 12.1. The second-order valence-corrected chi connectivity index (χ2v) is 4.97. The van der Waals surface area contributed by atoms with Gasteiger partial charge >= 0.3 is 5.97 Å². The average molecular weight is 292 g/mol. The first-order valence-electron chi connectivity index (χ1n) is 6.98. The number of carbonyl (C=O) groups is 1. The minimum Gasteiger partial charge on any atom is -0.497 e. The van der Waals surface area contributed by atoms with Gasteiger partial charge in [0, 0.05) is 0 Å². The molecule has 0 aromatic heterocycles. The maximum atomic E-state index is 12.1. The lowest BCUT2D eigenvalue weighted by atomic mass is 9.97. The maximum Gasteiger partial charge on any atom is 0.338 e. The van der Waals surface area contributed by atoms with E-state index in [2.05, 4.69) is 24.3 Å². The van der Waals surface area contributed by atoms with Gasteiger partial charge in [0.25, 0.3) is 0 Å². The third-order valence-corrected chi connectivity index (χ3v) is 3.69. The lowest BCUT2D eigenvalue weighted by Crippen LogP contribution is -2.04. The summed E-state index contributed by atoms with van der Waals surface area (Å²) in [5, 5.41) is 2.30. The standard InChI is InChI=1S/C19H16O3/c1-21-16-9-10-17(18(12-16)19(20)22-2)15-8-7-13-5-3-4-6-14(13)11-15/h3-12H,1-2H3. The van der Waals surface area contributed by atoms with Crippen molar-refractivity contribution in [1.82, 2.24) is 0 Å². The summed E-state index contributed by atoms with van der Waals surface area (Å²) in [6, 6.07) is 19.7. The summed E-state index contributed by atoms with van der Waals surface area (Å²) >= 11 is 0. The van der Waals surface area contributed by atoms with E-state index in [1.807, 2.05) is 30.3 Å². The fraction of sp³-hybridized carbons (Fsp3) is 0.105. The first-order valence-corrected chi connectivity index (χ1v) is 6.98. The van der Waals surface area contributed by atoms with Gasteiger partial charge in [-0.2, -0.15) is 0 Å². The fourth-order valence-electron chi connectivity index (χ4n) is 2.54. The summed E-state index contributed by atoms with van der Waals surface area (Å²) in [5.74, 6) is 0.256. The van der Waals surface area contributed by atoms with Crippen molar-refractivity contribution in [3.8, 4) is 16.9 Å². The zero-order valence-corrected chi connectivity index (χ0v) is 12.5. The number of hydrogen-bond donors (Lipinski definition) is 0. The van der Waals surface area contributed by atoms with E-state index in [1.165, 1.54) is 12.5 Å². The number of ether oxygens (including phenoxy) is 2. The van der Waals surface area contributed by atoms with E-state index >= 15 is 0 Å². The Balaban J connectivity index is 2.18. The van der Waals surface area contributed by atoms with Crippen molar-refractivity contribution in [2.45, 2.75) is 0 Å². The van der Waals surface area contributed by atoms with E-state index in [0.29, 0.717) is 11.3 Å². The molecule has 0 aliphatic rings. The molecule has 0 N–H and O–H groups in total. The van der Waals surface area contributed by atoms with Gasteiger partial charge in [-0.3, -0.25) is 0 Å². The number of benzene rings is 3. The number of carbonyl (C=O) groups excluding carboxylic acids is 1. The molecule has 0 atom stereocenters. The molecule has 3 heteroatoms. The van der Waals surface area contributed by atoms with E-state index in [0.717, 1.165) is 16.5 Å². The third-order valence-electron chi connectivity index (χ3n) is 3.69. The molecule has 0 unspecified atom stereocenters. The average Bonchev–Trinajstić information content (AvgIpc) is 2.60. The van der Waals surface area contributed by atoms with Crippen LogP contribution < -0.4 is 4.74 Å². The highest BCUT2D eigenvalue weighted by Crippen LogP contribution is 2.30. The molecule has 0 spiro atoms. The highest BCUT2D eigenvalue weighted by Gasteiger charge is 2.15. The third kappa shape index (κ3) is 2.53. The first kappa shape index (κ1) is 14.1. The van der Waals surface area contributed by atoms with Crippen LogP contribution in [-0.2, 0) is 4.74 Å². The zero-order chi connectivity index (χ0) is 15.5. The summed E-state index contributed by atoms with van der Waals surface area (Å²) < 4.78 is 10.1. The number of methoxy groups -OCH3 is 2. The molecule has 3 rings (SSSR count). The topological polar surface area (TPSA) is 35.5 Å². The number of esters is 1. The smallest absolute Gasteiger partial charge is 0.338 e. The van der Waals surface area contributed by atoms with Gasteiger partial charge in [0.2, 0.25) is 0 Å². The minimum absolute atomic E-state index is 0.373. The van der Waals surface area contributed by atoms with Gasteiger partial charge in [0.1, 0.15) is 5.75 Å². The van der Waals surface area contributed by atoms with Crippen LogP contribution in [-0.4, -0.2) is 20.2 Å². The Bertz CT molecular complexity index is 837. The fourth-order valence-corrected chi connectivity index (χ4v) is 2.54. The van der Waals surface area contributed by atoms with E-state index in [1.54, 1.807) is 13.2 Å². The number of rotatable bonds is 3. The predicted molar refractivity (Wildman–Crippen MR) is 87.3 cm³/mol. The molecule has 0 bridgehead atoms. The van der Waals surface area contributed by atoms with Crippen molar-refractivity contribution in [3.63, 3.8) is 0 Å². The van der Waals surface area contributed by atoms with Crippen LogP contribution in [0.1, 0.15) is 10.4 Å². The Kier molecular flexibility index (Phi) is 3.79. The number of hydrogen-bond acceptors (Lipinski definition) is 3. The van der Waals surface area contributed by atoms with Crippen molar-refractivity contribution in [2.75, 3.05) is 14.2 Å². The van der Waals surface area contributed by atoms with Gasteiger partial charge in [-0.15, -0.1) is 0 Å². The van der Waals surface area contributed by atoms with Gasteiger partial charge in [0.05, 0.1) is 19.8 Å². The van der Waals surface area contributed by atoms with Gasteiger partial charge in [0.15, 0.2) is 0 Å². The molecule has 3 aromatic rings. The predicted octanol–water partition coefficient (Wildman–Crippen LogP) is 4.30.